The van der Waals surface area contributed by atoms with E-state index in [9.17, 15) is 4.79 Å². The summed E-state index contributed by atoms with van der Waals surface area (Å²) in [6.45, 7) is 1.21. The van der Waals surface area contributed by atoms with Gasteiger partial charge in [0.05, 0.1) is 6.33 Å². The van der Waals surface area contributed by atoms with E-state index in [4.69, 9.17) is 0 Å². The number of nitrogens with one attached hydrogen (secondary N) is 1. The van der Waals surface area contributed by atoms with Crippen LogP contribution in [0.3, 0.4) is 0 Å². The van der Waals surface area contributed by atoms with Gasteiger partial charge in [-0.15, -0.1) is 0 Å². The number of carbonyl (C=O) groups excluding carboxylic acids is 1. The molecular formula is C13H14BrN3O. The Morgan fingerprint density at radius 1 is 1.44 bits per heavy atom. The van der Waals surface area contributed by atoms with E-state index in [1.54, 1.807) is 12.5 Å². The summed E-state index contributed by atoms with van der Waals surface area (Å²) in [5.41, 5.74) is 1.08. The number of amides is 1. The van der Waals surface area contributed by atoms with Crippen LogP contribution in [-0.4, -0.2) is 15.5 Å². The number of aromatic nitrogens is 2. The summed E-state index contributed by atoms with van der Waals surface area (Å²) in [5, 5.41) is 2.90. The fourth-order valence-electron chi connectivity index (χ4n) is 1.59. The van der Waals surface area contributed by atoms with Crippen LogP contribution in [0, 0.1) is 0 Å². The summed E-state index contributed by atoms with van der Waals surface area (Å²) in [7, 11) is 0. The van der Waals surface area contributed by atoms with Crippen LogP contribution < -0.4 is 5.32 Å². The first-order valence-electron chi connectivity index (χ1n) is 5.71. The summed E-state index contributed by atoms with van der Waals surface area (Å²) >= 11 is 3.40. The smallest absolute Gasteiger partial charge is 0.222 e. The molecule has 0 fully saturated rings. The summed E-state index contributed by atoms with van der Waals surface area (Å²) in [6, 6.07) is 7.90. The maximum atomic E-state index is 11.6. The van der Waals surface area contributed by atoms with E-state index >= 15 is 0 Å². The zero-order valence-corrected chi connectivity index (χ0v) is 11.4. The van der Waals surface area contributed by atoms with E-state index in [0.29, 0.717) is 19.5 Å². The second-order valence-electron chi connectivity index (χ2n) is 3.96. The molecule has 1 heterocycles. The number of hydrogen-bond donors (Lipinski definition) is 1. The van der Waals surface area contributed by atoms with Crippen LogP contribution in [0.4, 0.5) is 0 Å². The van der Waals surface area contributed by atoms with Crippen molar-refractivity contribution in [2.45, 2.75) is 19.5 Å². The van der Waals surface area contributed by atoms with Gasteiger partial charge in [0.1, 0.15) is 0 Å². The van der Waals surface area contributed by atoms with Crippen molar-refractivity contribution >= 4 is 21.8 Å². The second-order valence-corrected chi connectivity index (χ2v) is 4.87. The van der Waals surface area contributed by atoms with Crippen LogP contribution in [0.25, 0.3) is 0 Å². The predicted octanol–water partition coefficient (Wildman–Crippen LogP) is 2.35. The highest BCUT2D eigenvalue weighted by molar-refractivity contribution is 9.10. The molecule has 0 unspecified atom stereocenters. The number of rotatable bonds is 5. The molecule has 5 heteroatoms. The molecule has 0 bridgehead atoms. The van der Waals surface area contributed by atoms with Crippen molar-refractivity contribution in [2.24, 2.45) is 0 Å². The number of carbonyl (C=O) groups is 1. The lowest BCUT2D eigenvalue weighted by molar-refractivity contribution is -0.121. The molecular weight excluding hydrogens is 294 g/mol. The highest BCUT2D eigenvalue weighted by Crippen LogP contribution is 2.11. The molecule has 0 atom stereocenters. The van der Waals surface area contributed by atoms with Gasteiger partial charge < -0.3 is 9.88 Å². The average Bonchev–Trinajstić information content (AvgIpc) is 2.87. The summed E-state index contributed by atoms with van der Waals surface area (Å²) in [5.74, 6) is 0.0451. The van der Waals surface area contributed by atoms with Gasteiger partial charge in [-0.2, -0.15) is 0 Å². The van der Waals surface area contributed by atoms with Gasteiger partial charge >= 0.3 is 0 Å². The first kappa shape index (κ1) is 12.8. The Kier molecular flexibility index (Phi) is 4.52. The number of imidazole rings is 1. The van der Waals surface area contributed by atoms with E-state index < -0.39 is 0 Å². The van der Waals surface area contributed by atoms with Crippen molar-refractivity contribution < 1.29 is 4.79 Å². The van der Waals surface area contributed by atoms with Crippen molar-refractivity contribution in [2.75, 3.05) is 0 Å². The van der Waals surface area contributed by atoms with Crippen molar-refractivity contribution in [3.63, 3.8) is 0 Å². The van der Waals surface area contributed by atoms with Gasteiger partial charge in [-0.25, -0.2) is 4.98 Å². The third-order valence-electron chi connectivity index (χ3n) is 2.53. The second kappa shape index (κ2) is 6.35. The molecule has 0 saturated heterocycles. The summed E-state index contributed by atoms with van der Waals surface area (Å²) < 4.78 is 2.91. The predicted molar refractivity (Wildman–Crippen MR) is 72.8 cm³/mol. The highest BCUT2D eigenvalue weighted by atomic mass is 79.9. The Morgan fingerprint density at radius 2 is 2.33 bits per heavy atom. The molecule has 0 saturated carbocycles. The molecule has 1 aromatic heterocycles. The summed E-state index contributed by atoms with van der Waals surface area (Å²) in [6.07, 6.45) is 5.73. The van der Waals surface area contributed by atoms with Crippen molar-refractivity contribution in [3.05, 3.63) is 53.0 Å². The standard InChI is InChI=1S/C13H14BrN3O/c14-12-3-1-2-11(8-12)9-16-13(18)4-6-17-7-5-15-10-17/h1-3,5,7-8,10H,4,6,9H2,(H,16,18). The maximum Gasteiger partial charge on any atom is 0.222 e. The minimum Gasteiger partial charge on any atom is -0.352 e. The zero-order chi connectivity index (χ0) is 12.8. The van der Waals surface area contributed by atoms with E-state index in [2.05, 4.69) is 26.2 Å². The van der Waals surface area contributed by atoms with E-state index in [0.717, 1.165) is 10.0 Å². The third kappa shape index (κ3) is 4.00. The fraction of sp³-hybridized carbons (Fsp3) is 0.231. The van der Waals surface area contributed by atoms with Gasteiger partial charge in [-0.1, -0.05) is 28.1 Å². The van der Waals surface area contributed by atoms with Gasteiger partial charge in [-0.3, -0.25) is 4.79 Å². The molecule has 0 radical (unpaired) electrons. The lowest BCUT2D eigenvalue weighted by Gasteiger charge is -2.06. The Hall–Kier alpha value is -1.62. The fourth-order valence-corrected chi connectivity index (χ4v) is 2.03. The van der Waals surface area contributed by atoms with Gasteiger partial charge in [0.25, 0.3) is 0 Å². The van der Waals surface area contributed by atoms with Crippen LogP contribution >= 0.6 is 15.9 Å². The van der Waals surface area contributed by atoms with Crippen LogP contribution in [-0.2, 0) is 17.9 Å². The SMILES string of the molecule is O=C(CCn1ccnc1)NCc1cccc(Br)c1. The normalized spacial score (nSPS) is 10.3. The van der Waals surface area contributed by atoms with Gasteiger partial charge in [0.15, 0.2) is 0 Å². The Bertz CT molecular complexity index is 511. The Balaban J connectivity index is 1.75. The van der Waals surface area contributed by atoms with Crippen LogP contribution in [0.5, 0.6) is 0 Å². The molecule has 0 aliphatic carbocycles. The number of halogens is 1. The van der Waals surface area contributed by atoms with E-state index in [1.807, 2.05) is 35.0 Å². The number of aryl methyl sites for hydroxylation is 1. The highest BCUT2D eigenvalue weighted by Gasteiger charge is 2.02. The van der Waals surface area contributed by atoms with E-state index in [-0.39, 0.29) is 5.91 Å². The molecule has 1 N–H and O–H groups in total. The monoisotopic (exact) mass is 307 g/mol. The minimum atomic E-state index is 0.0451. The molecule has 1 aromatic carbocycles. The number of nitrogens with zero attached hydrogens (tertiary/aromatic N) is 2. The summed E-state index contributed by atoms with van der Waals surface area (Å²) in [4.78, 5) is 15.6. The average molecular weight is 308 g/mol. The van der Waals surface area contributed by atoms with Gasteiger partial charge in [0, 0.05) is 36.4 Å². The lowest BCUT2D eigenvalue weighted by Crippen LogP contribution is -2.23. The molecule has 0 spiro atoms. The van der Waals surface area contributed by atoms with Crippen molar-refractivity contribution in [1.29, 1.82) is 0 Å². The Morgan fingerprint density at radius 3 is 3.06 bits per heavy atom. The molecule has 18 heavy (non-hydrogen) atoms. The number of benzene rings is 1. The number of hydrogen-bond acceptors (Lipinski definition) is 2. The minimum absolute atomic E-state index is 0.0451. The maximum absolute atomic E-state index is 11.6. The molecule has 2 aromatic rings. The van der Waals surface area contributed by atoms with Crippen molar-refractivity contribution in [1.82, 2.24) is 14.9 Å². The third-order valence-corrected chi connectivity index (χ3v) is 3.03. The lowest BCUT2D eigenvalue weighted by atomic mass is 10.2. The quantitative estimate of drug-likeness (QED) is 0.921. The molecule has 0 aliphatic heterocycles. The molecule has 94 valence electrons. The van der Waals surface area contributed by atoms with Crippen LogP contribution in [0.15, 0.2) is 47.5 Å². The molecule has 4 nitrogen and oxygen atoms in total. The van der Waals surface area contributed by atoms with E-state index in [1.165, 1.54) is 0 Å². The van der Waals surface area contributed by atoms with Gasteiger partial charge in [-0.05, 0) is 17.7 Å². The molecule has 2 rings (SSSR count). The first-order valence-corrected chi connectivity index (χ1v) is 6.50. The first-order chi connectivity index (χ1) is 8.74. The van der Waals surface area contributed by atoms with Crippen molar-refractivity contribution in [3.8, 4) is 0 Å². The van der Waals surface area contributed by atoms with Crippen LogP contribution in [0.1, 0.15) is 12.0 Å². The largest absolute Gasteiger partial charge is 0.352 e. The van der Waals surface area contributed by atoms with Crippen LogP contribution in [0.2, 0.25) is 0 Å². The molecule has 1 amide bonds. The topological polar surface area (TPSA) is 46.9 Å². The molecule has 0 aliphatic rings. The zero-order valence-electron chi connectivity index (χ0n) is 9.84. The Labute approximate surface area is 114 Å². The van der Waals surface area contributed by atoms with Gasteiger partial charge in [0.2, 0.25) is 5.91 Å².